The molecule has 0 saturated heterocycles. The van der Waals surface area contributed by atoms with E-state index in [0.717, 1.165) is 16.6 Å². The van der Waals surface area contributed by atoms with E-state index in [1.807, 2.05) is 25.1 Å². The van der Waals surface area contributed by atoms with Crippen molar-refractivity contribution < 1.29 is 0 Å². The molecule has 68 valence electrons. The third kappa shape index (κ3) is 1.75. The summed E-state index contributed by atoms with van der Waals surface area (Å²) in [6, 6.07) is 5.76. The van der Waals surface area contributed by atoms with Gasteiger partial charge in [0.05, 0.1) is 17.2 Å². The summed E-state index contributed by atoms with van der Waals surface area (Å²) in [5, 5.41) is 0. The number of aromatic nitrogens is 2. The van der Waals surface area contributed by atoms with Crippen LogP contribution in [0.15, 0.2) is 29.2 Å². The second-order valence-corrected chi connectivity index (χ2v) is 2.77. The Kier molecular flexibility index (Phi) is 2.46. The molecule has 0 saturated carbocycles. The molecule has 0 unspecified atom stereocenters. The Bertz CT molecular complexity index is 474. The Morgan fingerprint density at radius 3 is 2.92 bits per heavy atom. The average molecular weight is 176 g/mol. The van der Waals surface area contributed by atoms with Gasteiger partial charge in [-0.25, -0.2) is 4.98 Å². The minimum Gasteiger partial charge on any atom is -0.319 e. The van der Waals surface area contributed by atoms with E-state index in [2.05, 4.69) is 9.97 Å². The van der Waals surface area contributed by atoms with Gasteiger partial charge in [0.1, 0.15) is 0 Å². The van der Waals surface area contributed by atoms with Crippen molar-refractivity contribution in [2.24, 2.45) is 0 Å². The highest BCUT2D eigenvalue weighted by Gasteiger charge is 1.94. The predicted octanol–water partition coefficient (Wildman–Crippen LogP) is 1.87. The average Bonchev–Trinajstić information content (AvgIpc) is 2.03. The van der Waals surface area contributed by atoms with Crippen molar-refractivity contribution in [1.82, 2.24) is 9.97 Å². The number of nitrogens with zero attached hydrogens (tertiary/aromatic N) is 1. The fourth-order valence-electron chi connectivity index (χ4n) is 1.16. The standard InChI is InChI=1S/C9H8N2O.CH4/c1-6-2-3-7-8(4-6)11-9(12)5-10-7;/h2-5H,1H3,(H,11,12);1H4. The molecule has 0 radical (unpaired) electrons. The zero-order valence-electron chi connectivity index (χ0n) is 6.66. The number of nitrogens with one attached hydrogen (secondary N) is 1. The molecule has 13 heavy (non-hydrogen) atoms. The maximum Gasteiger partial charge on any atom is 0.266 e. The Balaban J connectivity index is 0.000000845. The van der Waals surface area contributed by atoms with E-state index >= 15 is 0 Å². The van der Waals surface area contributed by atoms with Crippen molar-refractivity contribution in [3.8, 4) is 0 Å². The van der Waals surface area contributed by atoms with Crippen LogP contribution in [0.1, 0.15) is 13.0 Å². The van der Waals surface area contributed by atoms with Crippen LogP contribution in [0.2, 0.25) is 0 Å². The van der Waals surface area contributed by atoms with Crippen LogP contribution in [0.25, 0.3) is 11.0 Å². The SMILES string of the molecule is C.Cc1ccc2ncc(=O)[nH]c2c1. The Hall–Kier alpha value is -1.64. The predicted molar refractivity (Wildman–Crippen MR) is 53.8 cm³/mol. The largest absolute Gasteiger partial charge is 0.319 e. The van der Waals surface area contributed by atoms with Gasteiger partial charge in [-0.05, 0) is 24.6 Å². The summed E-state index contributed by atoms with van der Waals surface area (Å²) in [5.41, 5.74) is 2.57. The molecular weight excluding hydrogens is 164 g/mol. The molecule has 0 atom stereocenters. The lowest BCUT2D eigenvalue weighted by molar-refractivity contribution is 1.21. The highest BCUT2D eigenvalue weighted by atomic mass is 16.1. The summed E-state index contributed by atoms with van der Waals surface area (Å²) >= 11 is 0. The van der Waals surface area contributed by atoms with Gasteiger partial charge in [-0.2, -0.15) is 0 Å². The van der Waals surface area contributed by atoms with Crippen molar-refractivity contribution >= 4 is 11.0 Å². The van der Waals surface area contributed by atoms with Crippen molar-refractivity contribution in [1.29, 1.82) is 0 Å². The summed E-state index contributed by atoms with van der Waals surface area (Å²) < 4.78 is 0. The summed E-state index contributed by atoms with van der Waals surface area (Å²) in [6.45, 7) is 1.98. The van der Waals surface area contributed by atoms with Gasteiger partial charge in [0.25, 0.3) is 5.56 Å². The number of H-pyrrole nitrogens is 1. The number of fused-ring (bicyclic) bond motifs is 1. The van der Waals surface area contributed by atoms with Crippen LogP contribution in [0, 0.1) is 6.92 Å². The van der Waals surface area contributed by atoms with E-state index in [4.69, 9.17) is 0 Å². The van der Waals surface area contributed by atoms with Crippen LogP contribution in [0.5, 0.6) is 0 Å². The van der Waals surface area contributed by atoms with Crippen LogP contribution in [0.4, 0.5) is 0 Å². The lowest BCUT2D eigenvalue weighted by Crippen LogP contribution is -2.04. The molecule has 0 aliphatic rings. The van der Waals surface area contributed by atoms with Crippen molar-refractivity contribution in [3.05, 3.63) is 40.3 Å². The Morgan fingerprint density at radius 2 is 2.15 bits per heavy atom. The zero-order valence-corrected chi connectivity index (χ0v) is 6.66. The minimum absolute atomic E-state index is 0. The molecule has 2 rings (SSSR count). The summed E-state index contributed by atoms with van der Waals surface area (Å²) in [7, 11) is 0. The second-order valence-electron chi connectivity index (χ2n) is 2.77. The van der Waals surface area contributed by atoms with E-state index in [9.17, 15) is 4.79 Å². The van der Waals surface area contributed by atoms with E-state index in [1.165, 1.54) is 6.20 Å². The first-order valence-electron chi connectivity index (χ1n) is 3.71. The van der Waals surface area contributed by atoms with E-state index in [1.54, 1.807) is 0 Å². The quantitative estimate of drug-likeness (QED) is 0.666. The first-order chi connectivity index (χ1) is 5.75. The van der Waals surface area contributed by atoms with E-state index in [-0.39, 0.29) is 13.0 Å². The van der Waals surface area contributed by atoms with Gasteiger partial charge in [0.2, 0.25) is 0 Å². The topological polar surface area (TPSA) is 45.8 Å². The molecule has 0 amide bonds. The fourth-order valence-corrected chi connectivity index (χ4v) is 1.16. The van der Waals surface area contributed by atoms with Crippen molar-refractivity contribution in [3.63, 3.8) is 0 Å². The lowest BCUT2D eigenvalue weighted by atomic mass is 10.2. The number of hydrogen-bond donors (Lipinski definition) is 1. The Labute approximate surface area is 76.4 Å². The van der Waals surface area contributed by atoms with Crippen molar-refractivity contribution in [2.75, 3.05) is 0 Å². The molecule has 1 aromatic carbocycles. The molecule has 0 aliphatic heterocycles. The van der Waals surface area contributed by atoms with Gasteiger partial charge < -0.3 is 4.98 Å². The first kappa shape index (κ1) is 9.45. The van der Waals surface area contributed by atoms with E-state index in [0.29, 0.717) is 0 Å². The van der Waals surface area contributed by atoms with Gasteiger partial charge >= 0.3 is 0 Å². The van der Waals surface area contributed by atoms with Crippen LogP contribution in [-0.2, 0) is 0 Å². The molecule has 0 aliphatic carbocycles. The normalized spacial score (nSPS) is 9.62. The molecule has 3 heteroatoms. The van der Waals surface area contributed by atoms with Crippen molar-refractivity contribution in [2.45, 2.75) is 14.4 Å². The van der Waals surface area contributed by atoms with Gasteiger partial charge in [0, 0.05) is 0 Å². The second kappa shape index (κ2) is 3.39. The molecule has 1 N–H and O–H groups in total. The molecule has 1 aromatic heterocycles. The third-order valence-corrected chi connectivity index (χ3v) is 1.73. The zero-order chi connectivity index (χ0) is 8.55. The summed E-state index contributed by atoms with van der Waals surface area (Å²) in [6.07, 6.45) is 1.29. The summed E-state index contributed by atoms with van der Waals surface area (Å²) in [5.74, 6) is 0. The van der Waals surface area contributed by atoms with Crippen LogP contribution in [0.3, 0.4) is 0 Å². The number of hydrogen-bond acceptors (Lipinski definition) is 2. The van der Waals surface area contributed by atoms with Crippen LogP contribution in [-0.4, -0.2) is 9.97 Å². The number of aryl methyl sites for hydroxylation is 1. The number of benzene rings is 1. The maximum absolute atomic E-state index is 10.9. The first-order valence-corrected chi connectivity index (χ1v) is 3.71. The number of rotatable bonds is 0. The molecule has 0 bridgehead atoms. The van der Waals surface area contributed by atoms with Gasteiger partial charge in [-0.15, -0.1) is 0 Å². The molecular formula is C10H12N2O. The fraction of sp³-hybridized carbons (Fsp3) is 0.200. The molecule has 3 nitrogen and oxygen atoms in total. The van der Waals surface area contributed by atoms with Gasteiger partial charge in [0.15, 0.2) is 0 Å². The summed E-state index contributed by atoms with van der Waals surface area (Å²) in [4.78, 5) is 17.6. The van der Waals surface area contributed by atoms with Crippen LogP contribution >= 0.6 is 0 Å². The van der Waals surface area contributed by atoms with Gasteiger partial charge in [-0.1, -0.05) is 13.5 Å². The molecule has 0 fully saturated rings. The Morgan fingerprint density at radius 1 is 1.38 bits per heavy atom. The van der Waals surface area contributed by atoms with Crippen LogP contribution < -0.4 is 5.56 Å². The molecule has 0 spiro atoms. The minimum atomic E-state index is -0.159. The van der Waals surface area contributed by atoms with E-state index < -0.39 is 0 Å². The van der Waals surface area contributed by atoms with Gasteiger partial charge in [-0.3, -0.25) is 4.79 Å². The monoisotopic (exact) mass is 176 g/mol. The maximum atomic E-state index is 10.9. The lowest BCUT2D eigenvalue weighted by Gasteiger charge is -1.96. The molecule has 2 aromatic rings. The third-order valence-electron chi connectivity index (χ3n) is 1.73. The molecule has 1 heterocycles. The highest BCUT2D eigenvalue weighted by Crippen LogP contribution is 2.07. The smallest absolute Gasteiger partial charge is 0.266 e. The number of aromatic amines is 1. The highest BCUT2D eigenvalue weighted by molar-refractivity contribution is 5.74.